The normalized spacial score (nSPS) is 14.0. The summed E-state index contributed by atoms with van der Waals surface area (Å²) in [5.41, 5.74) is 2.05. The summed E-state index contributed by atoms with van der Waals surface area (Å²) in [6.07, 6.45) is 0.928. The molecule has 0 aromatic heterocycles. The molecule has 1 heterocycles. The van der Waals surface area contributed by atoms with Gasteiger partial charge in [-0.3, -0.25) is 0 Å². The molecule has 0 amide bonds. The maximum absolute atomic E-state index is 13.0. The largest absolute Gasteiger partial charge is 0.365 e. The molecule has 0 bridgehead atoms. The lowest BCUT2D eigenvalue weighted by Gasteiger charge is -2.19. The van der Waals surface area contributed by atoms with Crippen molar-refractivity contribution in [2.24, 2.45) is 0 Å². The van der Waals surface area contributed by atoms with Gasteiger partial charge in [0.05, 0.1) is 0 Å². The molecule has 0 radical (unpaired) electrons. The van der Waals surface area contributed by atoms with Crippen LogP contribution >= 0.6 is 12.2 Å². The average Bonchev–Trinajstić information content (AvgIpc) is 2.59. The maximum atomic E-state index is 13.0. The first-order valence-corrected chi connectivity index (χ1v) is 4.91. The van der Waals surface area contributed by atoms with Gasteiger partial charge in [-0.2, -0.15) is 0 Å². The number of benzene rings is 1. The summed E-state index contributed by atoms with van der Waals surface area (Å²) >= 11 is 5.13. The summed E-state index contributed by atoms with van der Waals surface area (Å²) in [6, 6.07) is 4.85. The minimum absolute atomic E-state index is 0.213. The first kappa shape index (κ1) is 9.40. The molecule has 74 valence electrons. The molecule has 1 N–H and O–H groups in total. The molecule has 1 aromatic rings. The van der Waals surface area contributed by atoms with E-state index >= 15 is 0 Å². The first-order chi connectivity index (χ1) is 6.72. The Morgan fingerprint density at radius 1 is 1.57 bits per heavy atom. The number of nitrogens with zero attached hydrogens (tertiary/aromatic N) is 1. The number of hydrogen-bond donors (Lipinski definition) is 1. The summed E-state index contributed by atoms with van der Waals surface area (Å²) in [4.78, 5) is 1.92. The van der Waals surface area contributed by atoms with Crippen molar-refractivity contribution in [3.63, 3.8) is 0 Å². The lowest BCUT2D eigenvalue weighted by molar-refractivity contribution is 0.628. The van der Waals surface area contributed by atoms with Gasteiger partial charge < -0.3 is 10.2 Å². The summed E-state index contributed by atoms with van der Waals surface area (Å²) < 4.78 is 13.0. The fourth-order valence-electron chi connectivity index (χ4n) is 1.70. The zero-order valence-electron chi connectivity index (χ0n) is 7.88. The van der Waals surface area contributed by atoms with Crippen LogP contribution in [0.1, 0.15) is 5.56 Å². The summed E-state index contributed by atoms with van der Waals surface area (Å²) in [5.74, 6) is -0.213. The molecule has 2 nitrogen and oxygen atoms in total. The minimum atomic E-state index is -0.213. The van der Waals surface area contributed by atoms with Crippen LogP contribution in [0.3, 0.4) is 0 Å². The highest BCUT2D eigenvalue weighted by Gasteiger charge is 2.21. The number of rotatable bonds is 0. The fraction of sp³-hybridized carbons (Fsp3) is 0.300. The second kappa shape index (κ2) is 3.53. The molecule has 1 aliphatic rings. The maximum Gasteiger partial charge on any atom is 0.173 e. The number of anilines is 1. The van der Waals surface area contributed by atoms with E-state index in [0.29, 0.717) is 5.11 Å². The Bertz CT molecular complexity index is 378. The van der Waals surface area contributed by atoms with Crippen LogP contribution in [-0.4, -0.2) is 18.7 Å². The zero-order valence-corrected chi connectivity index (χ0v) is 8.70. The van der Waals surface area contributed by atoms with Crippen LogP contribution < -0.4 is 10.2 Å². The van der Waals surface area contributed by atoms with Gasteiger partial charge in [-0.05, 0) is 36.3 Å². The summed E-state index contributed by atoms with van der Waals surface area (Å²) in [7, 11) is 1.78. The third-order valence-corrected chi connectivity index (χ3v) is 2.83. The van der Waals surface area contributed by atoms with Crippen LogP contribution in [0.4, 0.5) is 10.1 Å². The molecule has 0 unspecified atom stereocenters. The van der Waals surface area contributed by atoms with E-state index in [4.69, 9.17) is 12.2 Å². The number of thiocarbonyl (C=S) groups is 1. The molecular formula is C10H11FN2S. The molecule has 1 aromatic carbocycles. The van der Waals surface area contributed by atoms with E-state index in [-0.39, 0.29) is 5.82 Å². The van der Waals surface area contributed by atoms with E-state index in [2.05, 4.69) is 5.32 Å². The fourth-order valence-corrected chi connectivity index (χ4v) is 1.89. The Morgan fingerprint density at radius 3 is 3.07 bits per heavy atom. The van der Waals surface area contributed by atoms with Crippen LogP contribution in [0.5, 0.6) is 0 Å². The molecule has 2 rings (SSSR count). The van der Waals surface area contributed by atoms with E-state index in [1.54, 1.807) is 7.05 Å². The highest BCUT2D eigenvalue weighted by Crippen LogP contribution is 2.28. The summed E-state index contributed by atoms with van der Waals surface area (Å²) in [5, 5.41) is 3.55. The SMILES string of the molecule is CNC(=S)N1CCc2ccc(F)cc21. The topological polar surface area (TPSA) is 15.3 Å². The lowest BCUT2D eigenvalue weighted by Crippen LogP contribution is -2.36. The quantitative estimate of drug-likeness (QED) is 0.656. The number of halogens is 1. The molecule has 0 fully saturated rings. The van der Waals surface area contributed by atoms with Crippen molar-refractivity contribution in [3.8, 4) is 0 Å². The summed E-state index contributed by atoms with van der Waals surface area (Å²) in [6.45, 7) is 0.832. The molecule has 1 aliphatic heterocycles. The van der Waals surface area contributed by atoms with E-state index < -0.39 is 0 Å². The number of fused-ring (bicyclic) bond motifs is 1. The number of hydrogen-bond acceptors (Lipinski definition) is 1. The van der Waals surface area contributed by atoms with Crippen LogP contribution in [0.25, 0.3) is 0 Å². The van der Waals surface area contributed by atoms with Crippen LogP contribution in [0.2, 0.25) is 0 Å². The van der Waals surface area contributed by atoms with Gasteiger partial charge in [-0.15, -0.1) is 0 Å². The van der Waals surface area contributed by atoms with Gasteiger partial charge in [0.2, 0.25) is 0 Å². The van der Waals surface area contributed by atoms with Gasteiger partial charge in [0.15, 0.2) is 5.11 Å². The Kier molecular flexibility index (Phi) is 2.37. The van der Waals surface area contributed by atoms with Gasteiger partial charge in [0.1, 0.15) is 5.82 Å². The van der Waals surface area contributed by atoms with Gasteiger partial charge in [-0.1, -0.05) is 6.07 Å². The molecular weight excluding hydrogens is 199 g/mol. The van der Waals surface area contributed by atoms with Crippen molar-refractivity contribution < 1.29 is 4.39 Å². The molecule has 0 spiro atoms. The molecule has 0 aliphatic carbocycles. The van der Waals surface area contributed by atoms with E-state index in [0.717, 1.165) is 24.2 Å². The average molecular weight is 210 g/mol. The molecule has 0 saturated carbocycles. The Hall–Kier alpha value is -1.16. The van der Waals surface area contributed by atoms with Gasteiger partial charge in [0, 0.05) is 19.3 Å². The Labute approximate surface area is 87.7 Å². The minimum Gasteiger partial charge on any atom is -0.365 e. The van der Waals surface area contributed by atoms with Gasteiger partial charge >= 0.3 is 0 Å². The highest BCUT2D eigenvalue weighted by molar-refractivity contribution is 7.80. The predicted octanol–water partition coefficient (Wildman–Crippen LogP) is 1.69. The molecule has 14 heavy (non-hydrogen) atoms. The second-order valence-electron chi connectivity index (χ2n) is 3.23. The third-order valence-electron chi connectivity index (χ3n) is 2.40. The van der Waals surface area contributed by atoms with Crippen molar-refractivity contribution in [2.45, 2.75) is 6.42 Å². The standard InChI is InChI=1S/C10H11FN2S/c1-12-10(14)13-5-4-7-2-3-8(11)6-9(7)13/h2-3,6H,4-5H2,1H3,(H,12,14). The zero-order chi connectivity index (χ0) is 10.1. The second-order valence-corrected chi connectivity index (χ2v) is 3.62. The van der Waals surface area contributed by atoms with Crippen molar-refractivity contribution >= 4 is 23.0 Å². The first-order valence-electron chi connectivity index (χ1n) is 4.50. The van der Waals surface area contributed by atoms with Crippen molar-refractivity contribution in [2.75, 3.05) is 18.5 Å². The molecule has 0 saturated heterocycles. The van der Waals surface area contributed by atoms with E-state index in [1.807, 2.05) is 11.0 Å². The molecule has 4 heteroatoms. The van der Waals surface area contributed by atoms with Crippen LogP contribution in [-0.2, 0) is 6.42 Å². The van der Waals surface area contributed by atoms with Gasteiger partial charge in [-0.25, -0.2) is 4.39 Å². The van der Waals surface area contributed by atoms with Crippen LogP contribution in [0.15, 0.2) is 18.2 Å². The third kappa shape index (κ3) is 1.46. The molecule has 0 atom stereocenters. The van der Waals surface area contributed by atoms with E-state index in [1.165, 1.54) is 12.1 Å². The van der Waals surface area contributed by atoms with Crippen molar-refractivity contribution in [1.29, 1.82) is 0 Å². The van der Waals surface area contributed by atoms with Gasteiger partial charge in [0.25, 0.3) is 0 Å². The number of nitrogens with one attached hydrogen (secondary N) is 1. The van der Waals surface area contributed by atoms with E-state index in [9.17, 15) is 4.39 Å². The smallest absolute Gasteiger partial charge is 0.173 e. The lowest BCUT2D eigenvalue weighted by atomic mass is 10.2. The Morgan fingerprint density at radius 2 is 2.36 bits per heavy atom. The highest BCUT2D eigenvalue weighted by atomic mass is 32.1. The predicted molar refractivity (Wildman–Crippen MR) is 59.1 cm³/mol. The van der Waals surface area contributed by atoms with Crippen LogP contribution in [0, 0.1) is 5.82 Å². The Balaban J connectivity index is 2.38. The van der Waals surface area contributed by atoms with Crippen molar-refractivity contribution in [3.05, 3.63) is 29.6 Å². The van der Waals surface area contributed by atoms with Crippen molar-refractivity contribution in [1.82, 2.24) is 5.32 Å². The monoisotopic (exact) mass is 210 g/mol.